The van der Waals surface area contributed by atoms with E-state index in [-0.39, 0.29) is 0 Å². The van der Waals surface area contributed by atoms with E-state index in [2.05, 4.69) is 41.4 Å². The van der Waals surface area contributed by atoms with Crippen molar-refractivity contribution >= 4 is 5.69 Å². The molecule has 116 valence electrons. The van der Waals surface area contributed by atoms with Crippen LogP contribution in [0.3, 0.4) is 0 Å². The minimum absolute atomic E-state index is 0.686. The maximum atomic E-state index is 3.83. The third kappa shape index (κ3) is 4.00. The standard InChI is InChI=1S/C19H30N2/c1-2-17-9-3-4-11-19(17)20-18-10-7-8-16(14-18)15-21-12-5-6-13-21/h7-8,10,14,17,19-20H,2-6,9,11-13,15H2,1H3. The molecule has 1 saturated heterocycles. The molecule has 0 spiro atoms. The van der Waals surface area contributed by atoms with E-state index in [0.29, 0.717) is 6.04 Å². The van der Waals surface area contributed by atoms with Crippen LogP contribution in [-0.2, 0) is 6.54 Å². The van der Waals surface area contributed by atoms with Crippen molar-refractivity contribution in [2.24, 2.45) is 5.92 Å². The molecule has 1 N–H and O–H groups in total. The second-order valence-corrected chi connectivity index (χ2v) is 6.89. The molecule has 2 aliphatic rings. The van der Waals surface area contributed by atoms with Crippen LogP contribution in [0.25, 0.3) is 0 Å². The molecule has 2 heteroatoms. The third-order valence-corrected chi connectivity index (χ3v) is 5.32. The SMILES string of the molecule is CCC1CCCCC1Nc1cccc(CN2CCCC2)c1. The molecule has 1 aromatic rings. The van der Waals surface area contributed by atoms with Crippen molar-refractivity contribution in [3.05, 3.63) is 29.8 Å². The van der Waals surface area contributed by atoms with E-state index in [1.807, 2.05) is 0 Å². The number of hydrogen-bond acceptors (Lipinski definition) is 2. The molecule has 2 unspecified atom stereocenters. The lowest BCUT2D eigenvalue weighted by Crippen LogP contribution is -2.31. The summed E-state index contributed by atoms with van der Waals surface area (Å²) in [5.41, 5.74) is 2.79. The van der Waals surface area contributed by atoms with Gasteiger partial charge in [0.1, 0.15) is 0 Å². The summed E-state index contributed by atoms with van der Waals surface area (Å²) in [6.45, 7) is 6.02. The summed E-state index contributed by atoms with van der Waals surface area (Å²) < 4.78 is 0. The van der Waals surface area contributed by atoms with Gasteiger partial charge in [0.05, 0.1) is 0 Å². The third-order valence-electron chi connectivity index (χ3n) is 5.32. The van der Waals surface area contributed by atoms with E-state index in [0.717, 1.165) is 12.5 Å². The van der Waals surface area contributed by atoms with E-state index < -0.39 is 0 Å². The van der Waals surface area contributed by atoms with Gasteiger partial charge in [0.25, 0.3) is 0 Å². The van der Waals surface area contributed by atoms with Crippen LogP contribution in [0.4, 0.5) is 5.69 Å². The van der Waals surface area contributed by atoms with Gasteiger partial charge in [-0.1, -0.05) is 38.3 Å². The summed E-state index contributed by atoms with van der Waals surface area (Å²) in [6.07, 6.45) is 9.62. The highest BCUT2D eigenvalue weighted by molar-refractivity contribution is 5.46. The normalized spacial score (nSPS) is 26.9. The Balaban J connectivity index is 1.61. The number of anilines is 1. The Morgan fingerprint density at radius 1 is 1.10 bits per heavy atom. The first kappa shape index (κ1) is 14.9. The highest BCUT2D eigenvalue weighted by atomic mass is 15.1. The molecule has 0 aromatic heterocycles. The van der Waals surface area contributed by atoms with Crippen molar-refractivity contribution in [3.63, 3.8) is 0 Å². The topological polar surface area (TPSA) is 15.3 Å². The van der Waals surface area contributed by atoms with E-state index in [9.17, 15) is 0 Å². The van der Waals surface area contributed by atoms with Crippen molar-refractivity contribution in [2.75, 3.05) is 18.4 Å². The number of nitrogens with zero attached hydrogens (tertiary/aromatic N) is 1. The monoisotopic (exact) mass is 286 g/mol. The summed E-state index contributed by atoms with van der Waals surface area (Å²) in [5, 5.41) is 3.83. The van der Waals surface area contributed by atoms with Gasteiger partial charge in [0.15, 0.2) is 0 Å². The molecule has 0 amide bonds. The van der Waals surface area contributed by atoms with Crippen LogP contribution in [0.15, 0.2) is 24.3 Å². The smallest absolute Gasteiger partial charge is 0.0345 e. The zero-order valence-electron chi connectivity index (χ0n) is 13.5. The fourth-order valence-corrected chi connectivity index (χ4v) is 4.06. The molecule has 21 heavy (non-hydrogen) atoms. The van der Waals surface area contributed by atoms with Crippen LogP contribution in [0.1, 0.15) is 57.4 Å². The molecular weight excluding hydrogens is 256 g/mol. The maximum Gasteiger partial charge on any atom is 0.0345 e. The summed E-state index contributed by atoms with van der Waals surface area (Å²) in [6, 6.07) is 9.80. The van der Waals surface area contributed by atoms with Gasteiger partial charge in [-0.25, -0.2) is 0 Å². The molecule has 1 saturated carbocycles. The van der Waals surface area contributed by atoms with Gasteiger partial charge >= 0.3 is 0 Å². The second kappa shape index (κ2) is 7.31. The van der Waals surface area contributed by atoms with Crippen LogP contribution in [-0.4, -0.2) is 24.0 Å². The Kier molecular flexibility index (Phi) is 5.18. The van der Waals surface area contributed by atoms with Gasteiger partial charge in [0.2, 0.25) is 0 Å². The molecule has 0 bridgehead atoms. The average molecular weight is 286 g/mol. The van der Waals surface area contributed by atoms with Crippen molar-refractivity contribution in [1.82, 2.24) is 4.90 Å². The van der Waals surface area contributed by atoms with E-state index in [4.69, 9.17) is 0 Å². The van der Waals surface area contributed by atoms with Crippen LogP contribution in [0.5, 0.6) is 0 Å². The first-order valence-electron chi connectivity index (χ1n) is 8.93. The largest absolute Gasteiger partial charge is 0.382 e. The summed E-state index contributed by atoms with van der Waals surface area (Å²) in [7, 11) is 0. The highest BCUT2D eigenvalue weighted by Gasteiger charge is 2.23. The molecule has 3 rings (SSSR count). The number of hydrogen-bond donors (Lipinski definition) is 1. The van der Waals surface area contributed by atoms with Crippen LogP contribution in [0, 0.1) is 5.92 Å². The van der Waals surface area contributed by atoms with Gasteiger partial charge in [-0.05, 0) is 62.4 Å². The Hall–Kier alpha value is -1.02. The quantitative estimate of drug-likeness (QED) is 0.846. The summed E-state index contributed by atoms with van der Waals surface area (Å²) in [4.78, 5) is 2.58. The first-order chi connectivity index (χ1) is 10.3. The van der Waals surface area contributed by atoms with Crippen molar-refractivity contribution < 1.29 is 0 Å². The van der Waals surface area contributed by atoms with E-state index in [1.54, 1.807) is 0 Å². The lowest BCUT2D eigenvalue weighted by molar-refractivity contribution is 0.317. The minimum atomic E-state index is 0.686. The van der Waals surface area contributed by atoms with Crippen LogP contribution >= 0.6 is 0 Å². The lowest BCUT2D eigenvalue weighted by atomic mass is 9.83. The zero-order valence-corrected chi connectivity index (χ0v) is 13.5. The zero-order chi connectivity index (χ0) is 14.5. The summed E-state index contributed by atoms with van der Waals surface area (Å²) >= 11 is 0. The van der Waals surface area contributed by atoms with Crippen LogP contribution < -0.4 is 5.32 Å². The molecule has 1 aliphatic carbocycles. The minimum Gasteiger partial charge on any atom is -0.382 e. The van der Waals surface area contributed by atoms with Crippen molar-refractivity contribution in [1.29, 1.82) is 0 Å². The Morgan fingerprint density at radius 2 is 1.90 bits per heavy atom. The van der Waals surface area contributed by atoms with Gasteiger partial charge in [-0.15, -0.1) is 0 Å². The Morgan fingerprint density at radius 3 is 2.71 bits per heavy atom. The maximum absolute atomic E-state index is 3.83. The molecule has 1 aromatic carbocycles. The second-order valence-electron chi connectivity index (χ2n) is 6.89. The van der Waals surface area contributed by atoms with Crippen molar-refractivity contribution in [3.8, 4) is 0 Å². The number of likely N-dealkylation sites (tertiary alicyclic amines) is 1. The van der Waals surface area contributed by atoms with E-state index >= 15 is 0 Å². The Labute approximate surface area is 129 Å². The van der Waals surface area contributed by atoms with Gasteiger partial charge in [0, 0.05) is 18.3 Å². The lowest BCUT2D eigenvalue weighted by Gasteiger charge is -2.32. The number of rotatable bonds is 5. The molecule has 2 nitrogen and oxygen atoms in total. The number of benzene rings is 1. The average Bonchev–Trinajstić information content (AvgIpc) is 3.01. The van der Waals surface area contributed by atoms with Crippen LogP contribution in [0.2, 0.25) is 0 Å². The van der Waals surface area contributed by atoms with E-state index in [1.165, 1.54) is 69.3 Å². The van der Waals surface area contributed by atoms with Gasteiger partial charge in [-0.3, -0.25) is 4.90 Å². The molecule has 1 aliphatic heterocycles. The molecular formula is C19H30N2. The fraction of sp³-hybridized carbons (Fsp3) is 0.684. The highest BCUT2D eigenvalue weighted by Crippen LogP contribution is 2.29. The molecule has 2 atom stereocenters. The fourth-order valence-electron chi connectivity index (χ4n) is 4.06. The van der Waals surface area contributed by atoms with Gasteiger partial charge < -0.3 is 5.32 Å². The number of nitrogens with one attached hydrogen (secondary N) is 1. The summed E-state index contributed by atoms with van der Waals surface area (Å²) in [5.74, 6) is 0.862. The first-order valence-corrected chi connectivity index (χ1v) is 8.93. The Bertz CT molecular complexity index is 437. The molecule has 2 fully saturated rings. The molecule has 0 radical (unpaired) electrons. The predicted molar refractivity (Wildman–Crippen MR) is 90.6 cm³/mol. The van der Waals surface area contributed by atoms with Gasteiger partial charge in [-0.2, -0.15) is 0 Å². The van der Waals surface area contributed by atoms with Crippen molar-refractivity contribution in [2.45, 2.75) is 64.5 Å². The predicted octanol–water partition coefficient (Wildman–Crippen LogP) is 4.66. The molecule has 1 heterocycles.